The molecule has 0 bridgehead atoms. The van der Waals surface area contributed by atoms with Crippen molar-refractivity contribution in [2.75, 3.05) is 10.6 Å². The van der Waals surface area contributed by atoms with Crippen molar-refractivity contribution in [1.29, 1.82) is 0 Å². The van der Waals surface area contributed by atoms with Crippen molar-refractivity contribution in [2.24, 2.45) is 0 Å². The molecule has 0 aliphatic carbocycles. The standard InChI is InChI=1S/C18H13FN4O3S/c19-11-3-7-13(8-4-11)23-15(24)9-14(17(23)25)27-18-22-21-16(26-18)10-1-5-12(20)6-2-10/h1-8,14H,9,20H2. The average Bonchev–Trinajstić information content (AvgIpc) is 3.22. The molecule has 7 nitrogen and oxygen atoms in total. The minimum absolute atomic E-state index is 0.000457. The lowest BCUT2D eigenvalue weighted by Crippen LogP contribution is -2.31. The maximum absolute atomic E-state index is 13.1. The number of carbonyl (C=O) groups is 2. The summed E-state index contributed by atoms with van der Waals surface area (Å²) in [5, 5.41) is 7.40. The molecule has 2 heterocycles. The third-order valence-corrected chi connectivity index (χ3v) is 5.02. The van der Waals surface area contributed by atoms with Crippen LogP contribution in [0.15, 0.2) is 58.2 Å². The topological polar surface area (TPSA) is 102 Å². The van der Waals surface area contributed by atoms with Crippen LogP contribution in [0.4, 0.5) is 15.8 Å². The van der Waals surface area contributed by atoms with E-state index in [1.54, 1.807) is 24.3 Å². The zero-order valence-electron chi connectivity index (χ0n) is 13.8. The lowest BCUT2D eigenvalue weighted by Gasteiger charge is -2.14. The summed E-state index contributed by atoms with van der Waals surface area (Å²) in [6.07, 6.45) is 0.000457. The van der Waals surface area contributed by atoms with E-state index in [1.807, 2.05) is 0 Å². The van der Waals surface area contributed by atoms with Gasteiger partial charge in [0.05, 0.1) is 5.69 Å². The second-order valence-corrected chi connectivity index (χ2v) is 7.00. The number of aromatic nitrogens is 2. The highest BCUT2D eigenvalue weighted by Crippen LogP contribution is 2.34. The van der Waals surface area contributed by atoms with Crippen molar-refractivity contribution >= 4 is 35.0 Å². The van der Waals surface area contributed by atoms with Crippen LogP contribution in [0.5, 0.6) is 0 Å². The maximum atomic E-state index is 13.1. The molecule has 4 rings (SSSR count). The van der Waals surface area contributed by atoms with Crippen molar-refractivity contribution in [3.05, 3.63) is 54.3 Å². The Kier molecular flexibility index (Phi) is 4.36. The van der Waals surface area contributed by atoms with Crippen molar-refractivity contribution in [3.63, 3.8) is 0 Å². The van der Waals surface area contributed by atoms with Crippen LogP contribution in [0.25, 0.3) is 11.5 Å². The van der Waals surface area contributed by atoms with Crippen LogP contribution in [-0.4, -0.2) is 27.3 Å². The molecule has 1 aliphatic heterocycles. The first-order valence-electron chi connectivity index (χ1n) is 8.00. The van der Waals surface area contributed by atoms with Gasteiger partial charge in [0.1, 0.15) is 11.1 Å². The van der Waals surface area contributed by atoms with Gasteiger partial charge in [-0.2, -0.15) is 0 Å². The number of imide groups is 1. The molecular formula is C18H13FN4O3S. The van der Waals surface area contributed by atoms with E-state index in [2.05, 4.69) is 10.2 Å². The Morgan fingerprint density at radius 1 is 1.07 bits per heavy atom. The molecule has 2 amide bonds. The Labute approximate surface area is 157 Å². The van der Waals surface area contributed by atoms with Crippen molar-refractivity contribution in [3.8, 4) is 11.5 Å². The van der Waals surface area contributed by atoms with Gasteiger partial charge in [-0.15, -0.1) is 10.2 Å². The molecule has 1 aromatic heterocycles. The van der Waals surface area contributed by atoms with E-state index >= 15 is 0 Å². The summed E-state index contributed by atoms with van der Waals surface area (Å²) in [7, 11) is 0. The van der Waals surface area contributed by atoms with Gasteiger partial charge >= 0.3 is 0 Å². The number of nitrogens with zero attached hydrogens (tertiary/aromatic N) is 3. The minimum Gasteiger partial charge on any atom is -0.411 e. The molecule has 27 heavy (non-hydrogen) atoms. The number of anilines is 2. The lowest BCUT2D eigenvalue weighted by atomic mass is 10.2. The highest BCUT2D eigenvalue weighted by Gasteiger charge is 2.41. The van der Waals surface area contributed by atoms with Crippen molar-refractivity contribution in [1.82, 2.24) is 10.2 Å². The fourth-order valence-corrected chi connectivity index (χ4v) is 3.57. The zero-order chi connectivity index (χ0) is 19.0. The molecule has 2 aromatic carbocycles. The van der Waals surface area contributed by atoms with Crippen LogP contribution in [0.1, 0.15) is 6.42 Å². The van der Waals surface area contributed by atoms with Crippen LogP contribution in [0.2, 0.25) is 0 Å². The molecule has 136 valence electrons. The first kappa shape index (κ1) is 17.2. The van der Waals surface area contributed by atoms with Gasteiger partial charge in [0, 0.05) is 17.7 Å². The summed E-state index contributed by atoms with van der Waals surface area (Å²) in [5.41, 5.74) is 7.30. The third kappa shape index (κ3) is 3.41. The van der Waals surface area contributed by atoms with Gasteiger partial charge in [-0.05, 0) is 48.5 Å². The van der Waals surface area contributed by atoms with Gasteiger partial charge in [-0.1, -0.05) is 11.8 Å². The van der Waals surface area contributed by atoms with E-state index in [0.29, 0.717) is 22.8 Å². The first-order chi connectivity index (χ1) is 13.0. The summed E-state index contributed by atoms with van der Waals surface area (Å²) in [6.45, 7) is 0. The summed E-state index contributed by atoms with van der Waals surface area (Å²) >= 11 is 1.03. The quantitative estimate of drug-likeness (QED) is 0.545. The number of carbonyl (C=O) groups excluding carboxylic acids is 2. The zero-order valence-corrected chi connectivity index (χ0v) is 14.6. The SMILES string of the molecule is Nc1ccc(-c2nnc(SC3CC(=O)N(c4ccc(F)cc4)C3=O)o2)cc1. The van der Waals surface area contributed by atoms with E-state index < -0.39 is 17.0 Å². The average molecular weight is 384 g/mol. The first-order valence-corrected chi connectivity index (χ1v) is 8.87. The van der Waals surface area contributed by atoms with Crippen LogP contribution in [-0.2, 0) is 9.59 Å². The highest BCUT2D eigenvalue weighted by atomic mass is 32.2. The Morgan fingerprint density at radius 2 is 1.78 bits per heavy atom. The monoisotopic (exact) mass is 384 g/mol. The highest BCUT2D eigenvalue weighted by molar-refractivity contribution is 8.00. The summed E-state index contributed by atoms with van der Waals surface area (Å²) < 4.78 is 18.6. The number of halogens is 1. The number of hydrogen-bond donors (Lipinski definition) is 1. The smallest absolute Gasteiger partial charge is 0.277 e. The number of nitrogens with two attached hydrogens (primary N) is 1. The van der Waals surface area contributed by atoms with Crippen LogP contribution < -0.4 is 10.6 Å². The fraction of sp³-hybridized carbons (Fsp3) is 0.111. The number of rotatable bonds is 4. The minimum atomic E-state index is -0.678. The van der Waals surface area contributed by atoms with E-state index in [4.69, 9.17) is 10.2 Å². The van der Waals surface area contributed by atoms with Gasteiger partial charge in [-0.3, -0.25) is 9.59 Å². The predicted molar refractivity (Wildman–Crippen MR) is 97.3 cm³/mol. The van der Waals surface area contributed by atoms with E-state index in [-0.39, 0.29) is 17.6 Å². The Bertz CT molecular complexity index is 1000. The van der Waals surface area contributed by atoms with Crippen LogP contribution in [0, 0.1) is 5.82 Å². The van der Waals surface area contributed by atoms with E-state index in [0.717, 1.165) is 16.7 Å². The van der Waals surface area contributed by atoms with E-state index in [1.165, 1.54) is 24.3 Å². The maximum Gasteiger partial charge on any atom is 0.277 e. The Morgan fingerprint density at radius 3 is 2.48 bits per heavy atom. The molecule has 9 heteroatoms. The van der Waals surface area contributed by atoms with Gasteiger partial charge in [-0.25, -0.2) is 9.29 Å². The number of amides is 2. The van der Waals surface area contributed by atoms with Crippen LogP contribution in [0.3, 0.4) is 0 Å². The molecule has 1 atom stereocenters. The van der Waals surface area contributed by atoms with E-state index in [9.17, 15) is 14.0 Å². The fourth-order valence-electron chi connectivity index (χ4n) is 2.68. The Hall–Kier alpha value is -3.20. The van der Waals surface area contributed by atoms with Crippen molar-refractivity contribution < 1.29 is 18.4 Å². The summed E-state index contributed by atoms with van der Waals surface area (Å²) in [6, 6.07) is 12.1. The molecule has 0 spiro atoms. The molecule has 3 aromatic rings. The van der Waals surface area contributed by atoms with Gasteiger partial charge in [0.25, 0.3) is 5.22 Å². The predicted octanol–water partition coefficient (Wildman–Crippen LogP) is 2.88. The molecule has 1 saturated heterocycles. The summed E-state index contributed by atoms with van der Waals surface area (Å²) in [4.78, 5) is 25.9. The Balaban J connectivity index is 1.50. The normalized spacial score (nSPS) is 16.9. The van der Waals surface area contributed by atoms with Crippen LogP contribution >= 0.6 is 11.8 Å². The second-order valence-electron chi connectivity index (χ2n) is 5.85. The molecule has 1 aliphatic rings. The number of nitrogen functional groups attached to an aromatic ring is 1. The second kappa shape index (κ2) is 6.84. The summed E-state index contributed by atoms with van der Waals surface area (Å²) in [5.74, 6) is -0.902. The molecule has 0 saturated carbocycles. The van der Waals surface area contributed by atoms with Gasteiger partial charge in [0.2, 0.25) is 17.7 Å². The molecule has 1 unspecified atom stereocenters. The van der Waals surface area contributed by atoms with Gasteiger partial charge in [0.15, 0.2) is 0 Å². The van der Waals surface area contributed by atoms with Gasteiger partial charge < -0.3 is 10.2 Å². The molecule has 1 fully saturated rings. The molecule has 2 N–H and O–H groups in total. The number of benzene rings is 2. The molecular weight excluding hydrogens is 371 g/mol. The number of hydrogen-bond acceptors (Lipinski definition) is 7. The largest absolute Gasteiger partial charge is 0.411 e. The van der Waals surface area contributed by atoms with Crippen molar-refractivity contribution in [2.45, 2.75) is 16.9 Å². The molecule has 0 radical (unpaired) electrons. The lowest BCUT2D eigenvalue weighted by molar-refractivity contribution is -0.121. The number of thioether (sulfide) groups is 1. The third-order valence-electron chi connectivity index (χ3n) is 4.00.